The molecule has 0 aliphatic rings. The second kappa shape index (κ2) is 7.04. The van der Waals surface area contributed by atoms with Crippen LogP contribution in [0.2, 0.25) is 0 Å². The molecule has 1 atom stereocenters. The maximum Gasteiger partial charge on any atom is 0.220 e. The van der Waals surface area contributed by atoms with Gasteiger partial charge in [0.25, 0.3) is 0 Å². The Balaban J connectivity index is 2.13. The van der Waals surface area contributed by atoms with E-state index in [4.69, 9.17) is 5.11 Å². The maximum absolute atomic E-state index is 11.3. The van der Waals surface area contributed by atoms with E-state index in [2.05, 4.69) is 27.3 Å². The van der Waals surface area contributed by atoms with Crippen molar-refractivity contribution in [2.24, 2.45) is 0 Å². The Morgan fingerprint density at radius 3 is 2.94 bits per heavy atom. The number of thiophene rings is 1. The number of aliphatic hydroxyl groups excluding tert-OH is 1. The van der Waals surface area contributed by atoms with Crippen molar-refractivity contribution in [2.45, 2.75) is 32.3 Å². The molecule has 5 heteroatoms. The molecule has 0 saturated heterocycles. The molecule has 1 heterocycles. The van der Waals surface area contributed by atoms with Gasteiger partial charge in [0.15, 0.2) is 0 Å². The van der Waals surface area contributed by atoms with Crippen molar-refractivity contribution in [3.63, 3.8) is 0 Å². The van der Waals surface area contributed by atoms with Crippen LogP contribution in [0.3, 0.4) is 0 Å². The molecule has 1 aromatic heterocycles. The molecule has 0 aliphatic carbocycles. The molecular weight excluding hydrogens is 290 g/mol. The quantitative estimate of drug-likeness (QED) is 0.847. The van der Waals surface area contributed by atoms with Crippen LogP contribution in [0.15, 0.2) is 15.9 Å². The summed E-state index contributed by atoms with van der Waals surface area (Å²) in [6.45, 7) is 1.99. The van der Waals surface area contributed by atoms with E-state index in [9.17, 15) is 4.79 Å². The van der Waals surface area contributed by atoms with Crippen LogP contribution in [-0.4, -0.2) is 23.7 Å². The average Bonchev–Trinajstić information content (AvgIpc) is 2.61. The van der Waals surface area contributed by atoms with Crippen molar-refractivity contribution < 1.29 is 9.90 Å². The highest BCUT2D eigenvalue weighted by atomic mass is 79.9. The zero-order valence-electron chi connectivity index (χ0n) is 9.20. The number of aliphatic hydroxyl groups is 1. The first-order chi connectivity index (χ1) is 7.58. The van der Waals surface area contributed by atoms with Gasteiger partial charge in [-0.3, -0.25) is 4.79 Å². The Morgan fingerprint density at radius 2 is 2.38 bits per heavy atom. The standard InChI is InChI=1S/C11H16BrNO2S/c1-8(14)7-13-11(15)4-2-3-9-5-6-10(12)16-9/h5-6,8,14H,2-4,7H2,1H3,(H,13,15)/t8-/m0/s1. The number of nitrogens with one attached hydrogen (secondary N) is 1. The molecular formula is C11H16BrNO2S. The molecule has 1 aromatic rings. The summed E-state index contributed by atoms with van der Waals surface area (Å²) in [7, 11) is 0. The molecule has 3 nitrogen and oxygen atoms in total. The number of aryl methyl sites for hydroxylation is 1. The molecule has 0 radical (unpaired) electrons. The van der Waals surface area contributed by atoms with Crippen molar-refractivity contribution in [1.82, 2.24) is 5.32 Å². The van der Waals surface area contributed by atoms with Crippen molar-refractivity contribution in [1.29, 1.82) is 0 Å². The molecule has 0 unspecified atom stereocenters. The zero-order valence-corrected chi connectivity index (χ0v) is 11.6. The molecule has 90 valence electrons. The van der Waals surface area contributed by atoms with E-state index in [-0.39, 0.29) is 5.91 Å². The fraction of sp³-hybridized carbons (Fsp3) is 0.545. The third-order valence-corrected chi connectivity index (χ3v) is 3.73. The highest BCUT2D eigenvalue weighted by Crippen LogP contribution is 2.23. The Hall–Kier alpha value is -0.390. The number of halogens is 1. The fourth-order valence-corrected chi connectivity index (χ4v) is 2.78. The van der Waals surface area contributed by atoms with Gasteiger partial charge in [-0.25, -0.2) is 0 Å². The first-order valence-electron chi connectivity index (χ1n) is 5.27. The molecule has 0 saturated carbocycles. The van der Waals surface area contributed by atoms with Crippen molar-refractivity contribution >= 4 is 33.2 Å². The van der Waals surface area contributed by atoms with E-state index in [1.165, 1.54) is 4.88 Å². The van der Waals surface area contributed by atoms with E-state index in [1.54, 1.807) is 18.3 Å². The smallest absolute Gasteiger partial charge is 0.220 e. The summed E-state index contributed by atoms with van der Waals surface area (Å²) >= 11 is 5.11. The summed E-state index contributed by atoms with van der Waals surface area (Å²) in [5.41, 5.74) is 0. The average molecular weight is 306 g/mol. The van der Waals surface area contributed by atoms with E-state index in [1.807, 2.05) is 6.07 Å². The largest absolute Gasteiger partial charge is 0.392 e. The minimum absolute atomic E-state index is 0.0107. The minimum atomic E-state index is -0.475. The van der Waals surface area contributed by atoms with Gasteiger partial charge in [0, 0.05) is 17.8 Å². The van der Waals surface area contributed by atoms with Crippen LogP contribution in [0.5, 0.6) is 0 Å². The highest BCUT2D eigenvalue weighted by molar-refractivity contribution is 9.11. The molecule has 1 amide bonds. The minimum Gasteiger partial charge on any atom is -0.392 e. The Kier molecular flexibility index (Phi) is 6.01. The summed E-state index contributed by atoms with van der Waals surface area (Å²) in [6.07, 6.45) is 1.82. The van der Waals surface area contributed by atoms with Gasteiger partial charge >= 0.3 is 0 Å². The van der Waals surface area contributed by atoms with Crippen LogP contribution >= 0.6 is 27.3 Å². The number of carbonyl (C=O) groups excluding carboxylic acids is 1. The van der Waals surface area contributed by atoms with Gasteiger partial charge in [0.1, 0.15) is 0 Å². The summed E-state index contributed by atoms with van der Waals surface area (Å²) in [4.78, 5) is 12.6. The van der Waals surface area contributed by atoms with E-state index >= 15 is 0 Å². The number of rotatable bonds is 6. The molecule has 0 bridgehead atoms. The molecule has 1 rings (SSSR count). The molecule has 0 spiro atoms. The fourth-order valence-electron chi connectivity index (χ4n) is 1.26. The topological polar surface area (TPSA) is 49.3 Å². The van der Waals surface area contributed by atoms with Crippen molar-refractivity contribution in [3.05, 3.63) is 20.8 Å². The first kappa shape index (κ1) is 13.7. The third kappa shape index (κ3) is 5.63. The lowest BCUT2D eigenvalue weighted by Crippen LogP contribution is -2.30. The summed E-state index contributed by atoms with van der Waals surface area (Å²) in [6, 6.07) is 4.09. The summed E-state index contributed by atoms with van der Waals surface area (Å²) < 4.78 is 1.13. The highest BCUT2D eigenvalue weighted by Gasteiger charge is 2.04. The van der Waals surface area contributed by atoms with Crippen LogP contribution in [0.4, 0.5) is 0 Å². The molecule has 16 heavy (non-hydrogen) atoms. The van der Waals surface area contributed by atoms with Gasteiger partial charge in [0.2, 0.25) is 5.91 Å². The second-order valence-corrected chi connectivity index (χ2v) is 6.26. The Labute approximate surface area is 108 Å². The van der Waals surface area contributed by atoms with E-state index < -0.39 is 6.10 Å². The number of hydrogen-bond acceptors (Lipinski definition) is 3. The first-order valence-corrected chi connectivity index (χ1v) is 6.88. The predicted octanol–water partition coefficient (Wildman–Crippen LogP) is 2.33. The van der Waals surface area contributed by atoms with Crippen molar-refractivity contribution in [2.75, 3.05) is 6.54 Å². The van der Waals surface area contributed by atoms with Crippen LogP contribution in [0, 0.1) is 0 Å². The lowest BCUT2D eigenvalue weighted by molar-refractivity contribution is -0.121. The Bertz CT molecular complexity index is 338. The van der Waals surface area contributed by atoms with Gasteiger partial charge in [-0.2, -0.15) is 0 Å². The number of hydrogen-bond donors (Lipinski definition) is 2. The molecule has 0 aliphatic heterocycles. The van der Waals surface area contributed by atoms with Crippen molar-refractivity contribution in [3.8, 4) is 0 Å². The second-order valence-electron chi connectivity index (χ2n) is 3.71. The summed E-state index contributed by atoms with van der Waals surface area (Å²) in [5.74, 6) is 0.0107. The van der Waals surface area contributed by atoms with Gasteiger partial charge in [-0.15, -0.1) is 11.3 Å². The summed E-state index contributed by atoms with van der Waals surface area (Å²) in [5, 5.41) is 11.7. The van der Waals surface area contributed by atoms with Crippen LogP contribution < -0.4 is 5.32 Å². The number of carbonyl (C=O) groups is 1. The van der Waals surface area contributed by atoms with E-state index in [0.29, 0.717) is 13.0 Å². The molecule has 2 N–H and O–H groups in total. The maximum atomic E-state index is 11.3. The molecule has 0 aromatic carbocycles. The van der Waals surface area contributed by atoms with Crippen LogP contribution in [0.25, 0.3) is 0 Å². The van der Waals surface area contributed by atoms with E-state index in [0.717, 1.165) is 16.6 Å². The monoisotopic (exact) mass is 305 g/mol. The normalized spacial score (nSPS) is 12.4. The SMILES string of the molecule is C[C@H](O)CNC(=O)CCCc1ccc(Br)s1. The van der Waals surface area contributed by atoms with Gasteiger partial charge < -0.3 is 10.4 Å². The lowest BCUT2D eigenvalue weighted by atomic mass is 10.2. The van der Waals surface area contributed by atoms with Gasteiger partial charge in [-0.1, -0.05) is 0 Å². The third-order valence-electron chi connectivity index (χ3n) is 2.05. The molecule has 0 fully saturated rings. The Morgan fingerprint density at radius 1 is 1.62 bits per heavy atom. The van der Waals surface area contributed by atoms with Gasteiger partial charge in [-0.05, 0) is 47.8 Å². The van der Waals surface area contributed by atoms with Gasteiger partial charge in [0.05, 0.1) is 9.89 Å². The number of amides is 1. The lowest BCUT2D eigenvalue weighted by Gasteiger charge is -2.06. The zero-order chi connectivity index (χ0) is 12.0. The predicted molar refractivity (Wildman–Crippen MR) is 69.6 cm³/mol. The van der Waals surface area contributed by atoms with Crippen LogP contribution in [0.1, 0.15) is 24.6 Å². The van der Waals surface area contributed by atoms with Crippen LogP contribution in [-0.2, 0) is 11.2 Å².